The number of ether oxygens (including phenoxy) is 3. The van der Waals surface area contributed by atoms with Gasteiger partial charge < -0.3 is 24.1 Å². The fourth-order valence-corrected chi connectivity index (χ4v) is 3.93. The standard InChI is InChI=1S/C27H35N3O4/c1-4-10-21-14-15-24(25(19-21)33-3)34-18-17-30-23-12-8-7-11-22(23)29-26(30)13-6-5-9-16-28-27(31)20-32-2/h4,7-8,11-12,14-15,19H,1,5-6,9-10,13,16-18,20H2,2-3H3,(H,28,31). The number of imidazole rings is 1. The third kappa shape index (κ3) is 7.09. The van der Waals surface area contributed by atoms with Crippen molar-refractivity contribution in [3.05, 3.63) is 66.5 Å². The number of nitrogens with zero attached hydrogens (tertiary/aromatic N) is 2. The lowest BCUT2D eigenvalue weighted by Crippen LogP contribution is -2.27. The van der Waals surface area contributed by atoms with E-state index in [1.54, 1.807) is 7.11 Å². The molecule has 7 nitrogen and oxygen atoms in total. The van der Waals surface area contributed by atoms with Gasteiger partial charge >= 0.3 is 0 Å². The first-order chi connectivity index (χ1) is 16.7. The summed E-state index contributed by atoms with van der Waals surface area (Å²) in [7, 11) is 3.18. The Morgan fingerprint density at radius 3 is 2.76 bits per heavy atom. The van der Waals surface area contributed by atoms with E-state index in [-0.39, 0.29) is 12.5 Å². The van der Waals surface area contributed by atoms with Crippen molar-refractivity contribution in [2.45, 2.75) is 38.6 Å². The third-order valence-corrected chi connectivity index (χ3v) is 5.59. The molecule has 0 aliphatic heterocycles. The van der Waals surface area contributed by atoms with Crippen LogP contribution in [0.25, 0.3) is 11.0 Å². The van der Waals surface area contributed by atoms with Crippen LogP contribution in [0, 0.1) is 0 Å². The minimum absolute atomic E-state index is 0.0729. The maximum absolute atomic E-state index is 11.5. The van der Waals surface area contributed by atoms with Crippen LogP contribution in [0.2, 0.25) is 0 Å². The van der Waals surface area contributed by atoms with Crippen LogP contribution < -0.4 is 14.8 Å². The number of methoxy groups -OCH3 is 2. The van der Waals surface area contributed by atoms with Gasteiger partial charge in [-0.2, -0.15) is 0 Å². The van der Waals surface area contributed by atoms with Crippen LogP contribution in [0.15, 0.2) is 55.1 Å². The van der Waals surface area contributed by atoms with Crippen LogP contribution in [0.3, 0.4) is 0 Å². The molecule has 1 N–H and O–H groups in total. The van der Waals surface area contributed by atoms with Gasteiger partial charge in [-0.15, -0.1) is 6.58 Å². The number of hydrogen-bond donors (Lipinski definition) is 1. The zero-order valence-corrected chi connectivity index (χ0v) is 20.2. The predicted molar refractivity (Wildman–Crippen MR) is 135 cm³/mol. The molecule has 0 spiro atoms. The van der Waals surface area contributed by atoms with Gasteiger partial charge in [0, 0.05) is 20.1 Å². The number of allylic oxidation sites excluding steroid dienone is 1. The monoisotopic (exact) mass is 465 g/mol. The molecule has 3 aromatic rings. The van der Waals surface area contributed by atoms with Gasteiger partial charge in [-0.3, -0.25) is 4.79 Å². The van der Waals surface area contributed by atoms with Gasteiger partial charge in [-0.25, -0.2) is 4.98 Å². The second kappa shape index (κ2) is 13.4. The molecule has 7 heteroatoms. The van der Waals surface area contributed by atoms with Gasteiger partial charge in [0.25, 0.3) is 0 Å². The molecule has 0 unspecified atom stereocenters. The number of nitrogens with one attached hydrogen (secondary N) is 1. The summed E-state index contributed by atoms with van der Waals surface area (Å²) >= 11 is 0. The molecule has 0 saturated carbocycles. The quantitative estimate of drug-likeness (QED) is 0.267. The van der Waals surface area contributed by atoms with Crippen molar-refractivity contribution in [3.8, 4) is 11.5 Å². The van der Waals surface area contributed by atoms with Crippen molar-refractivity contribution >= 4 is 16.9 Å². The molecule has 182 valence electrons. The summed E-state index contributed by atoms with van der Waals surface area (Å²) in [6, 6.07) is 14.2. The fourth-order valence-electron chi connectivity index (χ4n) is 3.93. The Hall–Kier alpha value is -3.32. The Kier molecular flexibility index (Phi) is 9.98. The van der Waals surface area contributed by atoms with Crippen molar-refractivity contribution in [1.29, 1.82) is 0 Å². The lowest BCUT2D eigenvalue weighted by Gasteiger charge is -2.14. The van der Waals surface area contributed by atoms with Gasteiger partial charge in [0.1, 0.15) is 19.0 Å². The molecule has 0 fully saturated rings. The van der Waals surface area contributed by atoms with Crippen molar-refractivity contribution in [3.63, 3.8) is 0 Å². The van der Waals surface area contributed by atoms with Crippen LogP contribution in [0.1, 0.15) is 30.7 Å². The maximum Gasteiger partial charge on any atom is 0.245 e. The highest BCUT2D eigenvalue weighted by Gasteiger charge is 2.12. The Labute approximate surface area is 201 Å². The number of fused-ring (bicyclic) bond motifs is 1. The third-order valence-electron chi connectivity index (χ3n) is 5.59. The van der Waals surface area contributed by atoms with Gasteiger partial charge in [0.05, 0.1) is 24.7 Å². The second-order valence-electron chi connectivity index (χ2n) is 8.09. The number of carbonyl (C=O) groups excluding carboxylic acids is 1. The topological polar surface area (TPSA) is 74.6 Å². The molecule has 1 aromatic heterocycles. The number of aromatic nitrogens is 2. The largest absolute Gasteiger partial charge is 0.493 e. The summed E-state index contributed by atoms with van der Waals surface area (Å²) in [6.45, 7) is 5.77. The lowest BCUT2D eigenvalue weighted by molar-refractivity contribution is -0.124. The molecule has 0 bridgehead atoms. The van der Waals surface area contributed by atoms with Crippen molar-refractivity contribution in [2.24, 2.45) is 0 Å². The molecule has 1 heterocycles. The first kappa shape index (κ1) is 25.3. The summed E-state index contributed by atoms with van der Waals surface area (Å²) in [4.78, 5) is 16.3. The van der Waals surface area contributed by atoms with Crippen LogP contribution in [0.4, 0.5) is 0 Å². The highest BCUT2D eigenvalue weighted by atomic mass is 16.5. The predicted octanol–water partition coefficient (Wildman–Crippen LogP) is 4.33. The Bertz CT molecular complexity index is 1080. The van der Waals surface area contributed by atoms with E-state index in [2.05, 4.69) is 22.5 Å². The van der Waals surface area contributed by atoms with Crippen molar-refractivity contribution < 1.29 is 19.0 Å². The Morgan fingerprint density at radius 2 is 1.97 bits per heavy atom. The molecule has 0 atom stereocenters. The molecule has 0 saturated heterocycles. The molecular weight excluding hydrogens is 430 g/mol. The van der Waals surface area contributed by atoms with E-state index in [9.17, 15) is 4.79 Å². The fraction of sp³-hybridized carbons (Fsp3) is 0.407. The van der Waals surface area contributed by atoms with Crippen molar-refractivity contribution in [1.82, 2.24) is 14.9 Å². The van der Waals surface area contributed by atoms with Gasteiger partial charge in [0.15, 0.2) is 11.5 Å². The second-order valence-corrected chi connectivity index (χ2v) is 8.09. The van der Waals surface area contributed by atoms with Crippen LogP contribution in [-0.4, -0.2) is 49.4 Å². The average Bonchev–Trinajstić information content (AvgIpc) is 3.19. The van der Waals surface area contributed by atoms with Crippen LogP contribution in [-0.2, 0) is 28.9 Å². The summed E-state index contributed by atoms with van der Waals surface area (Å²) in [5, 5.41) is 2.86. The van der Waals surface area contributed by atoms with Gasteiger partial charge in [-0.05, 0) is 49.1 Å². The number of carbonyl (C=O) groups is 1. The molecule has 0 aliphatic carbocycles. The zero-order valence-electron chi connectivity index (χ0n) is 20.2. The number of amides is 1. The average molecular weight is 466 g/mol. The minimum Gasteiger partial charge on any atom is -0.493 e. The normalized spacial score (nSPS) is 10.9. The first-order valence-electron chi connectivity index (χ1n) is 11.8. The van der Waals surface area contributed by atoms with E-state index in [0.29, 0.717) is 19.7 Å². The minimum atomic E-state index is -0.0729. The molecule has 2 aromatic carbocycles. The summed E-state index contributed by atoms with van der Waals surface area (Å²) < 4.78 is 18.7. The van der Waals surface area contributed by atoms with E-state index in [1.165, 1.54) is 7.11 Å². The molecule has 1 amide bonds. The Balaban J connectivity index is 1.57. The van der Waals surface area contributed by atoms with E-state index >= 15 is 0 Å². The maximum atomic E-state index is 11.5. The number of hydrogen-bond acceptors (Lipinski definition) is 5. The summed E-state index contributed by atoms with van der Waals surface area (Å²) in [5.41, 5.74) is 3.25. The number of unbranched alkanes of at least 4 members (excludes halogenated alkanes) is 2. The molecule has 0 radical (unpaired) electrons. The van der Waals surface area contributed by atoms with E-state index < -0.39 is 0 Å². The number of aryl methyl sites for hydroxylation is 1. The van der Waals surface area contributed by atoms with E-state index in [1.807, 2.05) is 42.5 Å². The first-order valence-corrected chi connectivity index (χ1v) is 11.8. The number of rotatable bonds is 15. The lowest BCUT2D eigenvalue weighted by atomic mass is 10.1. The molecule has 0 aliphatic rings. The van der Waals surface area contributed by atoms with Crippen LogP contribution in [0.5, 0.6) is 11.5 Å². The highest BCUT2D eigenvalue weighted by molar-refractivity contribution is 5.77. The van der Waals surface area contributed by atoms with Crippen LogP contribution >= 0.6 is 0 Å². The zero-order chi connectivity index (χ0) is 24.2. The molecule has 34 heavy (non-hydrogen) atoms. The molecule has 3 rings (SSSR count). The van der Waals surface area contributed by atoms with Gasteiger partial charge in [0.2, 0.25) is 5.91 Å². The van der Waals surface area contributed by atoms with E-state index in [0.717, 1.165) is 66.0 Å². The SMILES string of the molecule is C=CCc1ccc(OCCn2c(CCCCCNC(=O)COC)nc3ccccc32)c(OC)c1. The van der Waals surface area contributed by atoms with E-state index in [4.69, 9.17) is 19.2 Å². The number of para-hydroxylation sites is 2. The number of benzene rings is 2. The summed E-state index contributed by atoms with van der Waals surface area (Å²) in [6.07, 6.45) is 6.49. The van der Waals surface area contributed by atoms with Gasteiger partial charge in [-0.1, -0.05) is 30.7 Å². The smallest absolute Gasteiger partial charge is 0.245 e. The summed E-state index contributed by atoms with van der Waals surface area (Å²) in [5.74, 6) is 2.45. The Morgan fingerprint density at radius 1 is 1.12 bits per heavy atom. The van der Waals surface area contributed by atoms with Crippen molar-refractivity contribution in [2.75, 3.05) is 34.0 Å². The molecular formula is C27H35N3O4. The highest BCUT2D eigenvalue weighted by Crippen LogP contribution is 2.28.